The number of hydrogen-bond donors (Lipinski definition) is 2. The minimum absolute atomic E-state index is 0. The highest BCUT2D eigenvalue weighted by Gasteiger charge is 2.20. The lowest BCUT2D eigenvalue weighted by Crippen LogP contribution is -2.43. The fraction of sp³-hybridized carbons (Fsp3) is 0.375. The molecule has 1 aliphatic rings. The lowest BCUT2D eigenvalue weighted by atomic mass is 10.0. The molecule has 0 unspecified atom stereocenters. The normalized spacial score (nSPS) is 17.5. The number of aromatic nitrogens is 2. The molecule has 1 atom stereocenters. The van der Waals surface area contributed by atoms with E-state index in [0.29, 0.717) is 6.54 Å². The third-order valence-electron chi connectivity index (χ3n) is 3.71. The zero-order valence-electron chi connectivity index (χ0n) is 12.4. The summed E-state index contributed by atoms with van der Waals surface area (Å²) in [4.78, 5) is 12.1. The molecule has 1 amide bonds. The molecule has 2 N–H and O–H groups in total. The number of halogens is 1. The molecule has 0 saturated carbocycles. The van der Waals surface area contributed by atoms with Gasteiger partial charge in [0.05, 0.1) is 24.5 Å². The lowest BCUT2D eigenvalue weighted by Gasteiger charge is -2.22. The molecule has 3 rings (SSSR count). The summed E-state index contributed by atoms with van der Waals surface area (Å²) in [5.74, 6) is 0.0361. The van der Waals surface area contributed by atoms with Crippen LogP contribution in [0.15, 0.2) is 42.7 Å². The van der Waals surface area contributed by atoms with Crippen molar-refractivity contribution in [3.05, 3.63) is 48.3 Å². The molecule has 0 bridgehead atoms. The van der Waals surface area contributed by atoms with E-state index in [4.69, 9.17) is 0 Å². The molecule has 1 aromatic carbocycles. The van der Waals surface area contributed by atoms with Crippen LogP contribution in [0, 0.1) is 0 Å². The Bertz CT molecular complexity index is 593. The van der Waals surface area contributed by atoms with E-state index in [1.54, 1.807) is 6.20 Å². The van der Waals surface area contributed by atoms with Crippen LogP contribution in [-0.2, 0) is 11.3 Å². The summed E-state index contributed by atoms with van der Waals surface area (Å²) < 4.78 is 1.83. The molecule has 1 saturated heterocycles. The van der Waals surface area contributed by atoms with Crippen LogP contribution in [0.25, 0.3) is 0 Å². The van der Waals surface area contributed by atoms with Crippen molar-refractivity contribution >= 4 is 24.0 Å². The Morgan fingerprint density at radius 2 is 2.14 bits per heavy atom. The monoisotopic (exact) mass is 320 g/mol. The first-order chi connectivity index (χ1) is 10.3. The van der Waals surface area contributed by atoms with Crippen LogP contribution in [0.4, 0.5) is 5.69 Å². The maximum atomic E-state index is 12.1. The molecule has 1 fully saturated rings. The van der Waals surface area contributed by atoms with Gasteiger partial charge in [0.15, 0.2) is 0 Å². The summed E-state index contributed by atoms with van der Waals surface area (Å²) >= 11 is 0. The van der Waals surface area contributed by atoms with E-state index >= 15 is 0 Å². The van der Waals surface area contributed by atoms with E-state index < -0.39 is 0 Å². The van der Waals surface area contributed by atoms with Gasteiger partial charge < -0.3 is 10.6 Å². The standard InChI is InChI=1S/C16H20N4O.ClH/c21-16(15-8-4-5-9-17-15)19-14-10-18-20(12-14)11-13-6-2-1-3-7-13;/h1-3,6-7,10,12,15,17H,4-5,8-9,11H2,(H,19,21);1H/t15-;/m0./s1. The quantitative estimate of drug-likeness (QED) is 0.909. The first-order valence-corrected chi connectivity index (χ1v) is 7.42. The number of carbonyl (C=O) groups excluding carboxylic acids is 1. The summed E-state index contributed by atoms with van der Waals surface area (Å²) in [5.41, 5.74) is 1.94. The second-order valence-electron chi connectivity index (χ2n) is 5.40. The second-order valence-corrected chi connectivity index (χ2v) is 5.40. The number of hydrogen-bond acceptors (Lipinski definition) is 3. The van der Waals surface area contributed by atoms with Gasteiger partial charge in [-0.15, -0.1) is 12.4 Å². The highest BCUT2D eigenvalue weighted by atomic mass is 35.5. The SMILES string of the molecule is Cl.O=C(Nc1cnn(Cc2ccccc2)c1)[C@@H]1CCCCN1. The molecule has 1 aromatic heterocycles. The molecule has 0 aliphatic carbocycles. The zero-order chi connectivity index (χ0) is 14.5. The van der Waals surface area contributed by atoms with Crippen molar-refractivity contribution in [1.82, 2.24) is 15.1 Å². The minimum Gasteiger partial charge on any atom is -0.322 e. The summed E-state index contributed by atoms with van der Waals surface area (Å²) in [6, 6.07) is 10.1. The van der Waals surface area contributed by atoms with Gasteiger partial charge in [0.2, 0.25) is 5.91 Å². The van der Waals surface area contributed by atoms with Gasteiger partial charge in [0, 0.05) is 6.20 Å². The predicted octanol–water partition coefficient (Wildman–Crippen LogP) is 2.43. The number of benzene rings is 1. The van der Waals surface area contributed by atoms with Crippen molar-refractivity contribution in [2.24, 2.45) is 0 Å². The number of nitrogens with one attached hydrogen (secondary N) is 2. The van der Waals surface area contributed by atoms with Gasteiger partial charge >= 0.3 is 0 Å². The van der Waals surface area contributed by atoms with E-state index in [9.17, 15) is 4.79 Å². The third-order valence-corrected chi connectivity index (χ3v) is 3.71. The maximum absolute atomic E-state index is 12.1. The van der Waals surface area contributed by atoms with Crippen LogP contribution < -0.4 is 10.6 Å². The maximum Gasteiger partial charge on any atom is 0.241 e. The number of anilines is 1. The van der Waals surface area contributed by atoms with Crippen molar-refractivity contribution in [1.29, 1.82) is 0 Å². The molecule has 6 heteroatoms. The van der Waals surface area contributed by atoms with Crippen molar-refractivity contribution in [2.75, 3.05) is 11.9 Å². The first-order valence-electron chi connectivity index (χ1n) is 7.42. The van der Waals surface area contributed by atoms with E-state index in [1.807, 2.05) is 29.1 Å². The average molecular weight is 321 g/mol. The fourth-order valence-corrected chi connectivity index (χ4v) is 2.59. The number of amides is 1. The number of rotatable bonds is 4. The van der Waals surface area contributed by atoms with E-state index in [-0.39, 0.29) is 24.4 Å². The molecule has 118 valence electrons. The Morgan fingerprint density at radius 1 is 1.32 bits per heavy atom. The van der Waals surface area contributed by atoms with Crippen LogP contribution in [-0.4, -0.2) is 28.3 Å². The molecular formula is C16H21ClN4O. The molecule has 0 radical (unpaired) electrons. The Kier molecular flexibility index (Phi) is 5.98. The Balaban J connectivity index is 0.00000176. The van der Waals surface area contributed by atoms with Crippen LogP contribution >= 0.6 is 12.4 Å². The van der Waals surface area contributed by atoms with Crippen molar-refractivity contribution in [2.45, 2.75) is 31.8 Å². The highest BCUT2D eigenvalue weighted by molar-refractivity contribution is 5.94. The van der Waals surface area contributed by atoms with Gasteiger partial charge in [0.1, 0.15) is 0 Å². The van der Waals surface area contributed by atoms with Gasteiger partial charge in [-0.1, -0.05) is 36.8 Å². The van der Waals surface area contributed by atoms with Crippen LogP contribution in [0.5, 0.6) is 0 Å². The summed E-state index contributed by atoms with van der Waals surface area (Å²) in [6.07, 6.45) is 6.73. The van der Waals surface area contributed by atoms with Crippen LogP contribution in [0.3, 0.4) is 0 Å². The Morgan fingerprint density at radius 3 is 2.86 bits per heavy atom. The molecular weight excluding hydrogens is 300 g/mol. The highest BCUT2D eigenvalue weighted by Crippen LogP contribution is 2.12. The van der Waals surface area contributed by atoms with Crippen molar-refractivity contribution < 1.29 is 4.79 Å². The van der Waals surface area contributed by atoms with Crippen molar-refractivity contribution in [3.8, 4) is 0 Å². The smallest absolute Gasteiger partial charge is 0.241 e. The van der Waals surface area contributed by atoms with E-state index in [1.165, 1.54) is 5.56 Å². The van der Waals surface area contributed by atoms with Gasteiger partial charge in [-0.05, 0) is 24.9 Å². The van der Waals surface area contributed by atoms with Crippen LogP contribution in [0.2, 0.25) is 0 Å². The van der Waals surface area contributed by atoms with E-state index in [0.717, 1.165) is 31.5 Å². The molecule has 22 heavy (non-hydrogen) atoms. The zero-order valence-corrected chi connectivity index (χ0v) is 13.2. The Labute approximate surface area is 136 Å². The third kappa shape index (κ3) is 4.32. The molecule has 2 heterocycles. The molecule has 0 spiro atoms. The molecule has 2 aromatic rings. The summed E-state index contributed by atoms with van der Waals surface area (Å²) in [7, 11) is 0. The first kappa shape index (κ1) is 16.5. The average Bonchev–Trinajstić information content (AvgIpc) is 2.96. The lowest BCUT2D eigenvalue weighted by molar-refractivity contribution is -0.118. The molecule has 1 aliphatic heterocycles. The number of piperidine rings is 1. The number of nitrogens with zero attached hydrogens (tertiary/aromatic N) is 2. The predicted molar refractivity (Wildman–Crippen MR) is 89.3 cm³/mol. The summed E-state index contributed by atoms with van der Waals surface area (Å²) in [6.45, 7) is 1.63. The second kappa shape index (κ2) is 7.96. The van der Waals surface area contributed by atoms with Crippen LogP contribution in [0.1, 0.15) is 24.8 Å². The number of carbonyl (C=O) groups is 1. The molecule has 5 nitrogen and oxygen atoms in total. The van der Waals surface area contributed by atoms with Gasteiger partial charge in [0.25, 0.3) is 0 Å². The largest absolute Gasteiger partial charge is 0.322 e. The van der Waals surface area contributed by atoms with Crippen molar-refractivity contribution in [3.63, 3.8) is 0 Å². The van der Waals surface area contributed by atoms with Gasteiger partial charge in [-0.3, -0.25) is 9.48 Å². The van der Waals surface area contributed by atoms with Gasteiger partial charge in [-0.2, -0.15) is 5.10 Å². The van der Waals surface area contributed by atoms with Gasteiger partial charge in [-0.25, -0.2) is 0 Å². The Hall–Kier alpha value is -1.85. The fourth-order valence-electron chi connectivity index (χ4n) is 2.59. The summed E-state index contributed by atoms with van der Waals surface area (Å²) in [5, 5.41) is 10.5. The topological polar surface area (TPSA) is 59.0 Å². The minimum atomic E-state index is -0.0729. The van der Waals surface area contributed by atoms with E-state index in [2.05, 4.69) is 27.9 Å².